The van der Waals surface area contributed by atoms with Gasteiger partial charge in [-0.3, -0.25) is 14.9 Å². The molecular formula is C29H27ClN2O6. The van der Waals surface area contributed by atoms with Crippen LogP contribution in [0.3, 0.4) is 0 Å². The molecule has 1 N–H and O–H groups in total. The highest BCUT2D eigenvalue weighted by Crippen LogP contribution is 2.31. The van der Waals surface area contributed by atoms with E-state index in [1.165, 1.54) is 13.2 Å². The summed E-state index contributed by atoms with van der Waals surface area (Å²) in [5.74, 6) is -0.0262. The summed E-state index contributed by atoms with van der Waals surface area (Å²) in [6, 6.07) is 18.1. The van der Waals surface area contributed by atoms with Gasteiger partial charge in [-0.25, -0.2) is 9.69 Å². The average Bonchev–Trinajstić information content (AvgIpc) is 2.92. The van der Waals surface area contributed by atoms with E-state index in [0.29, 0.717) is 40.1 Å². The third kappa shape index (κ3) is 6.15. The van der Waals surface area contributed by atoms with Crippen LogP contribution in [0.1, 0.15) is 30.9 Å². The van der Waals surface area contributed by atoms with Gasteiger partial charge in [0.15, 0.2) is 11.5 Å². The van der Waals surface area contributed by atoms with Crippen LogP contribution in [0, 0.1) is 0 Å². The van der Waals surface area contributed by atoms with E-state index >= 15 is 0 Å². The minimum absolute atomic E-state index is 0.195. The summed E-state index contributed by atoms with van der Waals surface area (Å²) in [6.45, 7) is 2.88. The zero-order valence-electron chi connectivity index (χ0n) is 21.0. The quantitative estimate of drug-likeness (QED) is 0.201. The molecule has 0 saturated carbocycles. The van der Waals surface area contributed by atoms with Crippen LogP contribution < -0.4 is 24.4 Å². The lowest BCUT2D eigenvalue weighted by molar-refractivity contribution is -0.122. The van der Waals surface area contributed by atoms with Crippen molar-refractivity contribution in [3.63, 3.8) is 0 Å². The Kier molecular flexibility index (Phi) is 8.66. The summed E-state index contributed by atoms with van der Waals surface area (Å²) in [6.07, 6.45) is 3.33. The third-order valence-electron chi connectivity index (χ3n) is 5.80. The molecule has 1 aliphatic rings. The fourth-order valence-corrected chi connectivity index (χ4v) is 3.94. The number of rotatable bonds is 10. The van der Waals surface area contributed by atoms with E-state index in [1.807, 2.05) is 18.2 Å². The van der Waals surface area contributed by atoms with Crippen molar-refractivity contribution in [3.8, 4) is 17.2 Å². The van der Waals surface area contributed by atoms with Crippen LogP contribution in [-0.2, 0) is 16.2 Å². The van der Waals surface area contributed by atoms with Gasteiger partial charge in [0.25, 0.3) is 11.8 Å². The monoisotopic (exact) mass is 534 g/mol. The van der Waals surface area contributed by atoms with Crippen LogP contribution in [0.15, 0.2) is 72.3 Å². The van der Waals surface area contributed by atoms with Gasteiger partial charge in [-0.1, -0.05) is 49.2 Å². The van der Waals surface area contributed by atoms with Gasteiger partial charge in [0.2, 0.25) is 0 Å². The highest BCUT2D eigenvalue weighted by Gasteiger charge is 2.36. The van der Waals surface area contributed by atoms with Gasteiger partial charge in [0, 0.05) is 10.6 Å². The molecule has 1 aliphatic heterocycles. The number of hydrogen-bond acceptors (Lipinski definition) is 6. The number of urea groups is 1. The summed E-state index contributed by atoms with van der Waals surface area (Å²) in [5, 5.41) is 2.82. The molecule has 9 heteroatoms. The summed E-state index contributed by atoms with van der Waals surface area (Å²) in [5.41, 5.74) is 1.45. The number of benzene rings is 3. The number of anilines is 1. The third-order valence-corrected chi connectivity index (χ3v) is 6.17. The Morgan fingerprint density at radius 2 is 1.71 bits per heavy atom. The molecule has 196 valence electrons. The molecule has 4 amide bonds. The molecule has 0 aromatic heterocycles. The summed E-state index contributed by atoms with van der Waals surface area (Å²) >= 11 is 6.20. The minimum Gasteiger partial charge on any atom is -0.494 e. The smallest absolute Gasteiger partial charge is 0.335 e. The van der Waals surface area contributed by atoms with Gasteiger partial charge in [0.1, 0.15) is 17.9 Å². The van der Waals surface area contributed by atoms with Gasteiger partial charge >= 0.3 is 6.03 Å². The van der Waals surface area contributed by atoms with Crippen molar-refractivity contribution >= 4 is 41.2 Å². The van der Waals surface area contributed by atoms with Crippen molar-refractivity contribution in [3.05, 3.63) is 88.5 Å². The second-order valence-electron chi connectivity index (χ2n) is 8.44. The highest BCUT2D eigenvalue weighted by molar-refractivity contribution is 6.39. The molecule has 1 heterocycles. The van der Waals surface area contributed by atoms with Crippen molar-refractivity contribution in [2.45, 2.75) is 26.4 Å². The molecule has 1 saturated heterocycles. The Balaban J connectivity index is 1.54. The van der Waals surface area contributed by atoms with E-state index in [-0.39, 0.29) is 12.2 Å². The molecule has 3 aromatic rings. The average molecular weight is 535 g/mol. The van der Waals surface area contributed by atoms with Gasteiger partial charge < -0.3 is 14.2 Å². The molecule has 0 bridgehead atoms. The van der Waals surface area contributed by atoms with Crippen LogP contribution >= 0.6 is 11.6 Å². The molecule has 0 aliphatic carbocycles. The minimum atomic E-state index is -0.822. The van der Waals surface area contributed by atoms with E-state index in [9.17, 15) is 14.4 Å². The zero-order chi connectivity index (χ0) is 27.1. The summed E-state index contributed by atoms with van der Waals surface area (Å²) in [7, 11) is 1.49. The predicted molar refractivity (Wildman–Crippen MR) is 145 cm³/mol. The van der Waals surface area contributed by atoms with Gasteiger partial charge in [-0.05, 0) is 60.5 Å². The largest absolute Gasteiger partial charge is 0.494 e. The zero-order valence-corrected chi connectivity index (χ0v) is 21.8. The van der Waals surface area contributed by atoms with Crippen LogP contribution in [0.2, 0.25) is 5.02 Å². The van der Waals surface area contributed by atoms with Crippen molar-refractivity contribution in [1.29, 1.82) is 0 Å². The number of halogens is 1. The number of carbonyl (C=O) groups is 3. The molecule has 0 spiro atoms. The van der Waals surface area contributed by atoms with E-state index in [0.717, 1.165) is 23.3 Å². The molecule has 0 unspecified atom stereocenters. The number of hydrogen-bond donors (Lipinski definition) is 1. The Morgan fingerprint density at radius 1 is 0.947 bits per heavy atom. The van der Waals surface area contributed by atoms with Crippen molar-refractivity contribution in [1.82, 2.24) is 5.32 Å². The second-order valence-corrected chi connectivity index (χ2v) is 8.85. The number of ether oxygens (including phenoxy) is 3. The van der Waals surface area contributed by atoms with Crippen LogP contribution in [0.5, 0.6) is 17.2 Å². The lowest BCUT2D eigenvalue weighted by atomic mass is 10.1. The van der Waals surface area contributed by atoms with Crippen molar-refractivity contribution in [2.75, 3.05) is 18.6 Å². The number of methoxy groups -OCH3 is 1. The Morgan fingerprint density at radius 3 is 2.42 bits per heavy atom. The molecule has 0 atom stereocenters. The first kappa shape index (κ1) is 26.8. The molecule has 4 rings (SSSR count). The maximum Gasteiger partial charge on any atom is 0.335 e. The number of unbranched alkanes of at least 4 members (excludes halogenated alkanes) is 1. The Labute approximate surface area is 225 Å². The number of imide groups is 2. The molecule has 0 radical (unpaired) electrons. The topological polar surface area (TPSA) is 94.2 Å². The van der Waals surface area contributed by atoms with E-state index in [1.54, 1.807) is 48.5 Å². The number of barbiturate groups is 1. The molecule has 38 heavy (non-hydrogen) atoms. The fourth-order valence-electron chi connectivity index (χ4n) is 3.75. The maximum atomic E-state index is 13.2. The van der Waals surface area contributed by atoms with Gasteiger partial charge in [-0.2, -0.15) is 0 Å². The second kappa shape index (κ2) is 12.3. The summed E-state index contributed by atoms with van der Waals surface area (Å²) < 4.78 is 17.0. The van der Waals surface area contributed by atoms with E-state index in [4.69, 9.17) is 25.8 Å². The number of carbonyl (C=O) groups excluding carboxylic acids is 3. The highest BCUT2D eigenvalue weighted by atomic mass is 35.5. The van der Waals surface area contributed by atoms with Crippen molar-refractivity contribution < 1.29 is 28.6 Å². The Hall–Kier alpha value is -4.30. The summed E-state index contributed by atoms with van der Waals surface area (Å²) in [4.78, 5) is 39.3. The fraction of sp³-hybridized carbons (Fsp3) is 0.207. The molecule has 3 aromatic carbocycles. The lowest BCUT2D eigenvalue weighted by Crippen LogP contribution is -2.54. The molecular weight excluding hydrogens is 508 g/mol. The Bertz CT molecular complexity index is 1370. The number of amides is 4. The van der Waals surface area contributed by atoms with Crippen LogP contribution in [0.25, 0.3) is 6.08 Å². The number of nitrogens with zero attached hydrogens (tertiary/aromatic N) is 1. The standard InChI is InChI=1S/C29H27ClN2O6/c1-3-4-15-37-22-12-10-21(11-13-22)32-28(34)23(27(33)31-29(32)35)16-19-9-14-25(26(17-19)36-2)38-18-20-7-5-6-8-24(20)30/h5-14,16-17H,3-4,15,18H2,1-2H3,(H,31,33,35)/b23-16-. The number of nitrogens with one attached hydrogen (secondary N) is 1. The van der Waals surface area contributed by atoms with Crippen LogP contribution in [0.4, 0.5) is 10.5 Å². The van der Waals surface area contributed by atoms with E-state index in [2.05, 4.69) is 12.2 Å². The maximum absolute atomic E-state index is 13.2. The van der Waals surface area contributed by atoms with Gasteiger partial charge in [0.05, 0.1) is 19.4 Å². The van der Waals surface area contributed by atoms with Gasteiger partial charge in [-0.15, -0.1) is 0 Å². The first-order valence-electron chi connectivity index (χ1n) is 12.1. The van der Waals surface area contributed by atoms with E-state index < -0.39 is 17.8 Å². The predicted octanol–water partition coefficient (Wildman–Crippen LogP) is 5.77. The first-order valence-corrected chi connectivity index (χ1v) is 12.5. The lowest BCUT2D eigenvalue weighted by Gasteiger charge is -2.26. The van der Waals surface area contributed by atoms with Crippen molar-refractivity contribution in [2.24, 2.45) is 0 Å². The normalized spacial score (nSPS) is 14.4. The molecule has 1 fully saturated rings. The SMILES string of the molecule is CCCCOc1ccc(N2C(=O)NC(=O)/C(=C/c3ccc(OCc4ccccc4Cl)c(OC)c3)C2=O)cc1. The van der Waals surface area contributed by atoms with Crippen LogP contribution in [-0.4, -0.2) is 31.6 Å². The molecule has 8 nitrogen and oxygen atoms in total. The first-order chi connectivity index (χ1) is 18.4.